The second-order valence-corrected chi connectivity index (χ2v) is 13.2. The maximum atomic E-state index is 10.1. The molecule has 0 N–H and O–H groups in total. The SMILES string of the molecule is Cc1ccc(-c2cccc3cccc([N+]4=P(N=[N+]=[N-])=[N+](c5cccc6cccc(-c7ccc(C)cc7)c56)c5ccccc54)c23)cc1. The number of rotatable bonds is 5. The molecule has 1 aliphatic rings. The van der Waals surface area contributed by atoms with E-state index in [0.717, 1.165) is 66.5 Å². The monoisotopic (exact) mass is 611 g/mol. The van der Waals surface area contributed by atoms with Gasteiger partial charge in [-0.25, -0.2) is 0 Å². The zero-order valence-corrected chi connectivity index (χ0v) is 26.4. The summed E-state index contributed by atoms with van der Waals surface area (Å²) in [6, 6.07) is 51.5. The summed E-state index contributed by atoms with van der Waals surface area (Å²) < 4.78 is 4.52. The summed E-state index contributed by atoms with van der Waals surface area (Å²) in [7, 11) is -1.60. The number of hydrogen-bond acceptors (Lipinski definition) is 1. The fraction of sp³-hybridized carbons (Fsp3) is 0.0500. The van der Waals surface area contributed by atoms with E-state index in [9.17, 15) is 5.53 Å². The van der Waals surface area contributed by atoms with Crippen LogP contribution in [0.25, 0.3) is 54.2 Å². The van der Waals surface area contributed by atoms with Crippen molar-refractivity contribution in [2.45, 2.75) is 13.8 Å². The van der Waals surface area contributed by atoms with Crippen LogP contribution in [0.3, 0.4) is 0 Å². The third-order valence-corrected chi connectivity index (χ3v) is 10.6. The van der Waals surface area contributed by atoms with Crippen molar-refractivity contribution >= 4 is 52.0 Å². The fourth-order valence-electron chi connectivity index (χ4n) is 6.62. The van der Waals surface area contributed by atoms with Crippen LogP contribution in [0.15, 0.2) is 150 Å². The van der Waals surface area contributed by atoms with Crippen molar-refractivity contribution in [1.29, 1.82) is 0 Å². The van der Waals surface area contributed by atoms with Gasteiger partial charge in [-0.2, -0.15) is 0 Å². The molecule has 7 aromatic carbocycles. The van der Waals surface area contributed by atoms with E-state index < -0.39 is 7.66 Å². The van der Waals surface area contributed by atoms with Crippen molar-refractivity contribution in [3.8, 4) is 22.3 Å². The molecule has 7 aromatic rings. The van der Waals surface area contributed by atoms with Gasteiger partial charge in [0.15, 0.2) is 0 Å². The number of para-hydroxylation sites is 2. The molecule has 0 aliphatic carbocycles. The average molecular weight is 612 g/mol. The average Bonchev–Trinajstić information content (AvgIpc) is 3.41. The van der Waals surface area contributed by atoms with Crippen molar-refractivity contribution in [1.82, 2.24) is 8.66 Å². The van der Waals surface area contributed by atoms with Gasteiger partial charge < -0.3 is 0 Å². The second-order valence-electron chi connectivity index (χ2n) is 11.7. The zero-order chi connectivity index (χ0) is 31.2. The smallest absolute Gasteiger partial charge is 0.0859 e. The molecule has 0 amide bonds. The lowest BCUT2D eigenvalue weighted by molar-refractivity contribution is 1.13. The van der Waals surface area contributed by atoms with Crippen LogP contribution in [-0.2, 0) is 0 Å². The largest absolute Gasteiger partial charge is 0.520 e. The van der Waals surface area contributed by atoms with E-state index in [2.05, 4.69) is 178 Å². The molecule has 0 bridgehead atoms. The van der Waals surface area contributed by atoms with Gasteiger partial charge in [-0.15, -0.1) is 0 Å². The summed E-state index contributed by atoms with van der Waals surface area (Å²) in [5, 5.41) is 4.53. The Morgan fingerprint density at radius 3 is 1.28 bits per heavy atom. The van der Waals surface area contributed by atoms with Crippen molar-refractivity contribution in [3.63, 3.8) is 0 Å². The molecule has 46 heavy (non-hydrogen) atoms. The maximum Gasteiger partial charge on any atom is 0.520 e. The molecule has 1 aliphatic heterocycles. The van der Waals surface area contributed by atoms with Crippen LogP contribution in [0.1, 0.15) is 11.1 Å². The summed E-state index contributed by atoms with van der Waals surface area (Å²) in [5.41, 5.74) is 21.2. The molecule has 0 atom stereocenters. The lowest BCUT2D eigenvalue weighted by atomic mass is 9.96. The van der Waals surface area contributed by atoms with Gasteiger partial charge in [-0.3, -0.25) is 0 Å². The fourth-order valence-corrected chi connectivity index (χ4v) is 8.47. The Balaban J connectivity index is 1.51. The second kappa shape index (κ2) is 11.3. The van der Waals surface area contributed by atoms with E-state index >= 15 is 0 Å². The highest BCUT2D eigenvalue weighted by Crippen LogP contribution is 2.51. The van der Waals surface area contributed by atoms with Crippen LogP contribution < -0.4 is 8.66 Å². The minimum Gasteiger partial charge on any atom is -0.0859 e. The highest BCUT2D eigenvalue weighted by molar-refractivity contribution is 7.36. The first-order chi connectivity index (χ1) is 22.6. The molecule has 1 heterocycles. The minimum absolute atomic E-state index is 1.01. The molecule has 0 aromatic heterocycles. The maximum absolute atomic E-state index is 10.1. The first-order valence-electron chi connectivity index (χ1n) is 15.3. The lowest BCUT2D eigenvalue weighted by Crippen LogP contribution is -1.98. The van der Waals surface area contributed by atoms with Crippen molar-refractivity contribution < 1.29 is 0 Å². The molecule has 0 fully saturated rings. The molecule has 0 spiro atoms. The van der Waals surface area contributed by atoms with Crippen LogP contribution in [-0.4, -0.2) is 0 Å². The Hall–Kier alpha value is -5.73. The molecular weight excluding hydrogens is 581 g/mol. The Morgan fingerprint density at radius 1 is 0.478 bits per heavy atom. The summed E-state index contributed by atoms with van der Waals surface area (Å²) in [5.74, 6) is 0. The molecule has 218 valence electrons. The summed E-state index contributed by atoms with van der Waals surface area (Å²) in [6.45, 7) is 4.22. The third-order valence-electron chi connectivity index (χ3n) is 8.76. The van der Waals surface area contributed by atoms with Crippen molar-refractivity contribution in [2.75, 3.05) is 0 Å². The highest BCUT2D eigenvalue weighted by Gasteiger charge is 2.41. The predicted octanol–water partition coefficient (Wildman–Crippen LogP) is 12.7. The molecule has 0 unspecified atom stereocenters. The standard InChI is InChI=1S/C40H30N5P/c1-27-19-23-29(24-20-27)33-13-5-9-31-11-7-17-37(39(31)33)44-35-15-3-4-16-36(35)45(46(44)43-42-41)38-18-8-12-32-10-6-14-34(40(32)38)30-25-21-28(2)22-26-30/h3-26H,1-2H3/q+2. The summed E-state index contributed by atoms with van der Waals surface area (Å²) in [4.78, 5) is 8.06. The van der Waals surface area contributed by atoms with Crippen LogP contribution in [0.2, 0.25) is 0 Å². The highest BCUT2D eigenvalue weighted by atomic mass is 31.1. The van der Waals surface area contributed by atoms with Crippen LogP contribution in [0.4, 0.5) is 22.7 Å². The van der Waals surface area contributed by atoms with Gasteiger partial charge in [0.05, 0.1) is 15.7 Å². The van der Waals surface area contributed by atoms with E-state index in [0.29, 0.717) is 0 Å². The first kappa shape index (κ1) is 27.8. The van der Waals surface area contributed by atoms with Crippen molar-refractivity contribution in [2.24, 2.45) is 4.88 Å². The van der Waals surface area contributed by atoms with Crippen LogP contribution in [0.5, 0.6) is 0 Å². The van der Waals surface area contributed by atoms with E-state index in [4.69, 9.17) is 0 Å². The topological polar surface area (TPSA) is 54.8 Å². The number of azide groups is 1. The predicted molar refractivity (Wildman–Crippen MR) is 194 cm³/mol. The van der Waals surface area contributed by atoms with Gasteiger partial charge in [0, 0.05) is 29.2 Å². The van der Waals surface area contributed by atoms with Crippen LogP contribution >= 0.6 is 7.66 Å². The van der Waals surface area contributed by atoms with Gasteiger partial charge in [0.2, 0.25) is 11.4 Å². The van der Waals surface area contributed by atoms with E-state index in [1.165, 1.54) is 11.1 Å². The number of aryl methyl sites for hydroxylation is 2. The van der Waals surface area contributed by atoms with Gasteiger partial charge in [-0.1, -0.05) is 141 Å². The number of nitrogens with zero attached hydrogens (tertiary/aromatic N) is 5. The molecule has 6 heteroatoms. The molecule has 0 saturated heterocycles. The van der Waals surface area contributed by atoms with E-state index in [1.54, 1.807) is 0 Å². The third kappa shape index (κ3) is 4.53. The Bertz CT molecular complexity index is 2310. The van der Waals surface area contributed by atoms with E-state index in [-0.39, 0.29) is 0 Å². The minimum atomic E-state index is -1.60. The number of benzene rings is 7. The summed E-state index contributed by atoms with van der Waals surface area (Å²) in [6.07, 6.45) is 0. The number of fused-ring (bicyclic) bond motifs is 3. The molecule has 5 nitrogen and oxygen atoms in total. The summed E-state index contributed by atoms with van der Waals surface area (Å²) >= 11 is 0. The van der Waals surface area contributed by atoms with Gasteiger partial charge in [0.1, 0.15) is 0 Å². The quantitative estimate of drug-likeness (QED) is 0.0805. The number of hydrogen-bond donors (Lipinski definition) is 0. The Labute approximate surface area is 268 Å². The zero-order valence-electron chi connectivity index (χ0n) is 25.5. The molecule has 0 radical (unpaired) electrons. The molecule has 8 rings (SSSR count). The molecular formula is C40H30N5P+2. The normalized spacial score (nSPS) is 12.4. The van der Waals surface area contributed by atoms with Gasteiger partial charge in [0.25, 0.3) is 11.4 Å². The Morgan fingerprint density at radius 2 is 0.870 bits per heavy atom. The van der Waals surface area contributed by atoms with Crippen molar-refractivity contribution in [3.05, 3.63) is 167 Å². The van der Waals surface area contributed by atoms with Crippen LogP contribution in [0, 0.1) is 13.8 Å². The van der Waals surface area contributed by atoms with Gasteiger partial charge >= 0.3 is 7.66 Å². The first-order valence-corrected chi connectivity index (χ1v) is 16.5. The van der Waals surface area contributed by atoms with E-state index in [1.807, 2.05) is 0 Å². The molecule has 0 saturated carbocycles. The van der Waals surface area contributed by atoms with Gasteiger partial charge in [-0.05, 0) is 52.4 Å². The Kier molecular flexibility index (Phi) is 6.84. The lowest BCUT2D eigenvalue weighted by Gasteiger charge is -2.09.